The Morgan fingerprint density at radius 1 is 1.08 bits per heavy atom. The van der Waals surface area contributed by atoms with Crippen LogP contribution in [0.4, 0.5) is 0 Å². The summed E-state index contributed by atoms with van der Waals surface area (Å²) in [6.45, 7) is 4.02. The van der Waals surface area contributed by atoms with Gasteiger partial charge in [-0.25, -0.2) is 13.1 Å². The molecule has 0 heterocycles. The van der Waals surface area contributed by atoms with Gasteiger partial charge in [0.2, 0.25) is 10.0 Å². The van der Waals surface area contributed by atoms with Crippen molar-refractivity contribution in [2.75, 3.05) is 6.61 Å². The number of nitrogens with one attached hydrogen (secondary N) is 1. The second-order valence-corrected chi connectivity index (χ2v) is 7.75. The van der Waals surface area contributed by atoms with Gasteiger partial charge in [-0.2, -0.15) is 0 Å². The highest BCUT2D eigenvalue weighted by Gasteiger charge is 2.24. The molecular weight excluding hydrogens is 338 g/mol. The maximum atomic E-state index is 12.5. The van der Waals surface area contributed by atoms with Gasteiger partial charge in [0.15, 0.2) is 0 Å². The van der Waals surface area contributed by atoms with Crippen LogP contribution in [-0.2, 0) is 26.2 Å². The van der Waals surface area contributed by atoms with Crippen molar-refractivity contribution in [3.8, 4) is 0 Å². The Kier molecular flexibility index (Phi) is 6.87. The number of hydrogen-bond donors (Lipinski definition) is 1. The highest BCUT2D eigenvalue weighted by molar-refractivity contribution is 7.89. The Morgan fingerprint density at radius 3 is 2.32 bits per heavy atom. The highest BCUT2D eigenvalue weighted by atomic mass is 32.2. The summed E-state index contributed by atoms with van der Waals surface area (Å²) in [5, 5.41) is 0. The lowest BCUT2D eigenvalue weighted by atomic mass is 10.1. The van der Waals surface area contributed by atoms with E-state index in [0.717, 1.165) is 17.4 Å². The normalized spacial score (nSPS) is 14.0. The number of carbonyl (C=O) groups is 1. The first-order chi connectivity index (χ1) is 11.9. The maximum Gasteiger partial charge on any atom is 0.240 e. The fourth-order valence-corrected chi connectivity index (χ4v) is 3.56. The first-order valence-corrected chi connectivity index (χ1v) is 9.56. The lowest BCUT2D eigenvalue weighted by molar-refractivity contribution is -0.111. The Bertz CT molecular complexity index is 773. The van der Waals surface area contributed by atoms with E-state index in [1.165, 1.54) is 0 Å². The van der Waals surface area contributed by atoms with Gasteiger partial charge in [-0.1, -0.05) is 55.0 Å². The molecule has 134 valence electrons. The van der Waals surface area contributed by atoms with Crippen molar-refractivity contribution >= 4 is 16.3 Å². The number of carbonyl (C=O) groups excluding carboxylic acids is 1. The quantitative estimate of drug-likeness (QED) is 0.697. The summed E-state index contributed by atoms with van der Waals surface area (Å²) in [6, 6.07) is 15.5. The van der Waals surface area contributed by atoms with E-state index in [1.54, 1.807) is 31.2 Å². The minimum Gasteiger partial charge on any atom is -0.375 e. The second-order valence-electron chi connectivity index (χ2n) is 6.04. The van der Waals surface area contributed by atoms with E-state index in [2.05, 4.69) is 4.72 Å². The average Bonchev–Trinajstić information content (AvgIpc) is 2.61. The van der Waals surface area contributed by atoms with Gasteiger partial charge in [0.25, 0.3) is 0 Å². The topological polar surface area (TPSA) is 72.5 Å². The predicted octanol–water partition coefficient (Wildman–Crippen LogP) is 2.69. The highest BCUT2D eigenvalue weighted by Crippen LogP contribution is 2.13. The minimum atomic E-state index is -3.72. The van der Waals surface area contributed by atoms with Crippen molar-refractivity contribution in [3.05, 3.63) is 65.7 Å². The molecule has 25 heavy (non-hydrogen) atoms. The van der Waals surface area contributed by atoms with Crippen LogP contribution in [0.15, 0.2) is 59.5 Å². The molecule has 0 radical (unpaired) electrons. The van der Waals surface area contributed by atoms with Gasteiger partial charge < -0.3 is 9.53 Å². The van der Waals surface area contributed by atoms with Gasteiger partial charge in [-0.05, 0) is 24.6 Å². The molecule has 0 fully saturated rings. The van der Waals surface area contributed by atoms with Crippen LogP contribution in [-0.4, -0.2) is 27.4 Å². The van der Waals surface area contributed by atoms with Crippen LogP contribution in [0.5, 0.6) is 0 Å². The molecular formula is C19H23NO4S. The summed E-state index contributed by atoms with van der Waals surface area (Å²) in [7, 11) is -3.72. The van der Waals surface area contributed by atoms with Gasteiger partial charge in [0.05, 0.1) is 24.2 Å². The predicted molar refractivity (Wildman–Crippen MR) is 96.6 cm³/mol. The lowest BCUT2D eigenvalue weighted by Gasteiger charge is -2.21. The van der Waals surface area contributed by atoms with Crippen LogP contribution in [0.3, 0.4) is 0 Å². The third-order valence-corrected chi connectivity index (χ3v) is 5.40. The van der Waals surface area contributed by atoms with E-state index in [4.69, 9.17) is 4.74 Å². The Balaban J connectivity index is 2.04. The van der Waals surface area contributed by atoms with Gasteiger partial charge in [-0.3, -0.25) is 0 Å². The fraction of sp³-hybridized carbons (Fsp3) is 0.316. The standard InChI is InChI=1S/C19H23NO4S/c1-15-8-10-18(11-9-15)25(22,23)20-19(16(2)12-21)14-24-13-17-6-4-3-5-7-17/h3-12,16,19-20H,13-14H2,1-2H3/t16-,19+/m0/s1. The van der Waals surface area contributed by atoms with Crippen LogP contribution < -0.4 is 4.72 Å². The number of aldehydes is 1. The molecule has 1 N–H and O–H groups in total. The van der Waals surface area contributed by atoms with Crippen LogP contribution in [0.1, 0.15) is 18.1 Å². The van der Waals surface area contributed by atoms with E-state index in [9.17, 15) is 13.2 Å². The molecule has 2 aromatic rings. The van der Waals surface area contributed by atoms with Crippen molar-refractivity contribution in [2.45, 2.75) is 31.4 Å². The van der Waals surface area contributed by atoms with Crippen molar-refractivity contribution < 1.29 is 17.9 Å². The number of benzene rings is 2. The first-order valence-electron chi connectivity index (χ1n) is 8.08. The Morgan fingerprint density at radius 2 is 1.72 bits per heavy atom. The van der Waals surface area contributed by atoms with E-state index >= 15 is 0 Å². The molecule has 2 rings (SSSR count). The van der Waals surface area contributed by atoms with E-state index in [0.29, 0.717) is 6.61 Å². The number of rotatable bonds is 9. The number of sulfonamides is 1. The Hall–Kier alpha value is -2.02. The molecule has 2 aromatic carbocycles. The van der Waals surface area contributed by atoms with Crippen LogP contribution in [0.2, 0.25) is 0 Å². The van der Waals surface area contributed by atoms with Crippen molar-refractivity contribution in [1.29, 1.82) is 0 Å². The third-order valence-electron chi connectivity index (χ3n) is 3.90. The van der Waals surface area contributed by atoms with Crippen LogP contribution in [0, 0.1) is 12.8 Å². The molecule has 0 aromatic heterocycles. The largest absolute Gasteiger partial charge is 0.375 e. The van der Waals surface area contributed by atoms with E-state index < -0.39 is 22.0 Å². The molecule has 2 atom stereocenters. The molecule has 5 nitrogen and oxygen atoms in total. The number of aryl methyl sites for hydroxylation is 1. The molecule has 0 amide bonds. The van der Waals surface area contributed by atoms with Gasteiger partial charge in [-0.15, -0.1) is 0 Å². The van der Waals surface area contributed by atoms with Crippen molar-refractivity contribution in [3.63, 3.8) is 0 Å². The summed E-state index contributed by atoms with van der Waals surface area (Å²) in [6.07, 6.45) is 0.730. The summed E-state index contributed by atoms with van der Waals surface area (Å²) in [5.41, 5.74) is 1.96. The molecule has 0 aliphatic rings. The number of ether oxygens (including phenoxy) is 1. The summed E-state index contributed by atoms with van der Waals surface area (Å²) in [4.78, 5) is 11.3. The van der Waals surface area contributed by atoms with Gasteiger partial charge >= 0.3 is 0 Å². The maximum absolute atomic E-state index is 12.5. The molecule has 0 saturated carbocycles. The zero-order chi connectivity index (χ0) is 18.3. The SMILES string of the molecule is Cc1ccc(S(=O)(=O)N[C@H](COCc2ccccc2)[C@@H](C)C=O)cc1. The smallest absolute Gasteiger partial charge is 0.240 e. The fourth-order valence-electron chi connectivity index (χ4n) is 2.25. The van der Waals surface area contributed by atoms with Crippen molar-refractivity contribution in [1.82, 2.24) is 4.72 Å². The molecule has 0 saturated heterocycles. The average molecular weight is 361 g/mol. The van der Waals surface area contributed by atoms with E-state index in [1.807, 2.05) is 37.3 Å². The summed E-state index contributed by atoms with van der Waals surface area (Å²) in [5.74, 6) is -0.504. The van der Waals surface area contributed by atoms with Gasteiger partial charge in [0, 0.05) is 5.92 Å². The van der Waals surface area contributed by atoms with Crippen LogP contribution in [0.25, 0.3) is 0 Å². The second kappa shape index (κ2) is 8.89. The Labute approximate surface area is 149 Å². The first kappa shape index (κ1) is 19.3. The molecule has 6 heteroatoms. The third kappa shape index (κ3) is 5.77. The monoisotopic (exact) mass is 361 g/mol. The van der Waals surface area contributed by atoms with Gasteiger partial charge in [0.1, 0.15) is 6.29 Å². The molecule has 0 aliphatic carbocycles. The summed E-state index contributed by atoms with van der Waals surface area (Å²) >= 11 is 0. The minimum absolute atomic E-state index is 0.111. The molecule has 0 unspecified atom stereocenters. The molecule has 0 bridgehead atoms. The van der Waals surface area contributed by atoms with E-state index in [-0.39, 0.29) is 11.5 Å². The number of hydrogen-bond acceptors (Lipinski definition) is 4. The summed E-state index contributed by atoms with van der Waals surface area (Å²) < 4.78 is 33.3. The molecule has 0 aliphatic heterocycles. The molecule has 0 spiro atoms. The lowest BCUT2D eigenvalue weighted by Crippen LogP contribution is -2.43. The zero-order valence-electron chi connectivity index (χ0n) is 14.4. The zero-order valence-corrected chi connectivity index (χ0v) is 15.2. The van der Waals surface area contributed by atoms with Crippen molar-refractivity contribution in [2.24, 2.45) is 5.92 Å². The van der Waals surface area contributed by atoms with Crippen LogP contribution >= 0.6 is 0 Å².